The van der Waals surface area contributed by atoms with Gasteiger partial charge in [-0.2, -0.15) is 18.3 Å². The number of carbonyl (C=O) groups excluding carboxylic acids is 1. The van der Waals surface area contributed by atoms with E-state index in [-0.39, 0.29) is 17.1 Å². The van der Waals surface area contributed by atoms with E-state index in [1.54, 1.807) is 37.3 Å². The first kappa shape index (κ1) is 18.1. The second kappa shape index (κ2) is 6.92. The lowest BCUT2D eigenvalue weighted by molar-refractivity contribution is -0.137. The third kappa shape index (κ3) is 3.64. The number of hydrogen-bond donors (Lipinski definition) is 1. The molecular formula is C18H13F3N5O+. The molecule has 6 nitrogen and oxygen atoms in total. The average molecular weight is 372 g/mol. The quantitative estimate of drug-likeness (QED) is 0.662. The van der Waals surface area contributed by atoms with E-state index in [0.29, 0.717) is 11.4 Å². The number of alkyl halides is 3. The van der Waals surface area contributed by atoms with Gasteiger partial charge in [-0.1, -0.05) is 18.2 Å². The summed E-state index contributed by atoms with van der Waals surface area (Å²) in [6.07, 6.45) is -4.49. The Morgan fingerprint density at radius 2 is 1.74 bits per heavy atom. The summed E-state index contributed by atoms with van der Waals surface area (Å²) in [5, 5.41) is 16.1. The normalized spacial score (nSPS) is 11.1. The number of amides is 1. The summed E-state index contributed by atoms with van der Waals surface area (Å²) in [6.45, 7) is 1.60. The van der Waals surface area contributed by atoms with Crippen LogP contribution in [-0.2, 0) is 6.18 Å². The van der Waals surface area contributed by atoms with Gasteiger partial charge in [-0.3, -0.25) is 10.1 Å². The minimum absolute atomic E-state index is 0.0188. The molecule has 0 aliphatic rings. The van der Waals surface area contributed by atoms with Crippen LogP contribution in [-0.4, -0.2) is 15.7 Å². The van der Waals surface area contributed by atoms with Gasteiger partial charge in [-0.25, -0.2) is 4.68 Å². The third-order valence-electron chi connectivity index (χ3n) is 3.84. The van der Waals surface area contributed by atoms with Crippen molar-refractivity contribution in [3.63, 3.8) is 0 Å². The second-order valence-electron chi connectivity index (χ2n) is 5.66. The molecule has 3 rings (SSSR count). The molecule has 1 aromatic heterocycles. The van der Waals surface area contributed by atoms with Crippen LogP contribution in [0.2, 0.25) is 0 Å². The maximum atomic E-state index is 12.7. The standard InChI is InChI=1S/C18H12F3N5O/c1-11-15(24-22)16(26(25-11)14-5-3-2-4-6-14)23-17(27)12-7-9-13(10-8-12)18(19,20)21/h2-10H,1H3/p+1. The van der Waals surface area contributed by atoms with Crippen LogP contribution >= 0.6 is 0 Å². The van der Waals surface area contributed by atoms with Crippen LogP contribution in [0, 0.1) is 12.3 Å². The molecule has 27 heavy (non-hydrogen) atoms. The van der Waals surface area contributed by atoms with E-state index in [9.17, 15) is 23.4 Å². The number of halogens is 3. The molecule has 0 saturated carbocycles. The molecule has 9 heteroatoms. The van der Waals surface area contributed by atoms with Gasteiger partial charge in [0.2, 0.25) is 11.2 Å². The van der Waals surface area contributed by atoms with Crippen LogP contribution in [0.4, 0.5) is 24.7 Å². The average Bonchev–Trinajstić information content (AvgIpc) is 2.97. The number of benzene rings is 2. The molecule has 0 fully saturated rings. The van der Waals surface area contributed by atoms with Crippen LogP contribution in [0.1, 0.15) is 21.6 Å². The first-order valence-electron chi connectivity index (χ1n) is 7.80. The van der Waals surface area contributed by atoms with Gasteiger partial charge in [0.1, 0.15) is 0 Å². The third-order valence-corrected chi connectivity index (χ3v) is 3.84. The lowest BCUT2D eigenvalue weighted by Gasteiger charge is -2.09. The molecule has 0 unspecified atom stereocenters. The predicted molar refractivity (Wildman–Crippen MR) is 92.4 cm³/mol. The topological polar surface area (TPSA) is 75.1 Å². The smallest absolute Gasteiger partial charge is 0.300 e. The number of nitrogens with zero attached hydrogens (tertiary/aromatic N) is 4. The molecule has 0 saturated heterocycles. The highest BCUT2D eigenvalue weighted by Crippen LogP contribution is 2.32. The Morgan fingerprint density at radius 1 is 1.11 bits per heavy atom. The Kier molecular flexibility index (Phi) is 4.64. The number of diazo groups is 1. The lowest BCUT2D eigenvalue weighted by Crippen LogP contribution is -2.15. The van der Waals surface area contributed by atoms with Gasteiger partial charge in [0.25, 0.3) is 5.91 Å². The zero-order chi connectivity index (χ0) is 19.6. The van der Waals surface area contributed by atoms with Gasteiger partial charge in [0.15, 0.2) is 10.7 Å². The fourth-order valence-corrected chi connectivity index (χ4v) is 2.50. The molecule has 0 aliphatic carbocycles. The number of para-hydroxylation sites is 1. The minimum atomic E-state index is -4.49. The summed E-state index contributed by atoms with van der Waals surface area (Å²) in [4.78, 5) is 15.6. The molecule has 0 atom stereocenters. The van der Waals surface area contributed by atoms with Crippen molar-refractivity contribution in [1.29, 1.82) is 5.39 Å². The number of hydrogen-bond acceptors (Lipinski definition) is 3. The van der Waals surface area contributed by atoms with E-state index in [1.807, 2.05) is 0 Å². The van der Waals surface area contributed by atoms with Crippen molar-refractivity contribution in [2.24, 2.45) is 0 Å². The Balaban J connectivity index is 1.96. The highest BCUT2D eigenvalue weighted by Gasteiger charge is 2.31. The molecule has 1 heterocycles. The summed E-state index contributed by atoms with van der Waals surface area (Å²) in [6, 6.07) is 12.6. The maximum absolute atomic E-state index is 12.7. The monoisotopic (exact) mass is 372 g/mol. The summed E-state index contributed by atoms with van der Waals surface area (Å²) >= 11 is 0. The molecule has 136 valence electrons. The Morgan fingerprint density at radius 3 is 2.30 bits per heavy atom. The van der Waals surface area contributed by atoms with Crippen LogP contribution in [0.25, 0.3) is 10.7 Å². The predicted octanol–water partition coefficient (Wildman–Crippen LogP) is 4.94. The Labute approximate surface area is 151 Å². The SMILES string of the molecule is Cc1nn(-c2ccccc2)c(NC(=O)c2ccc(C(F)(F)F)cc2)c1[N+]#N. The number of nitrogens with one attached hydrogen (secondary N) is 1. The van der Waals surface area contributed by atoms with Gasteiger partial charge < -0.3 is 0 Å². The second-order valence-corrected chi connectivity index (χ2v) is 5.66. The molecule has 1 N–H and O–H groups in total. The highest BCUT2D eigenvalue weighted by molar-refractivity contribution is 6.05. The van der Waals surface area contributed by atoms with E-state index in [4.69, 9.17) is 0 Å². The van der Waals surface area contributed by atoms with Crippen molar-refractivity contribution in [2.45, 2.75) is 13.1 Å². The summed E-state index contributed by atoms with van der Waals surface area (Å²) in [7, 11) is 0. The van der Waals surface area contributed by atoms with Crippen LogP contribution < -0.4 is 5.32 Å². The number of aromatic nitrogens is 2. The largest absolute Gasteiger partial charge is 0.449 e. The maximum Gasteiger partial charge on any atom is 0.449 e. The summed E-state index contributed by atoms with van der Waals surface area (Å²) in [5.41, 5.74) is 0.196. The number of rotatable bonds is 3. The van der Waals surface area contributed by atoms with Gasteiger partial charge in [0.05, 0.1) is 11.3 Å². The lowest BCUT2D eigenvalue weighted by atomic mass is 10.1. The molecule has 0 aliphatic heterocycles. The molecule has 2 aromatic carbocycles. The van der Waals surface area contributed by atoms with E-state index in [1.165, 1.54) is 4.68 Å². The van der Waals surface area contributed by atoms with Crippen LogP contribution in [0.3, 0.4) is 0 Å². The fraction of sp³-hybridized carbons (Fsp3) is 0.111. The Bertz CT molecular complexity index is 1020. The molecule has 0 spiro atoms. The van der Waals surface area contributed by atoms with Crippen molar-refractivity contribution in [2.75, 3.05) is 5.32 Å². The fourth-order valence-electron chi connectivity index (χ4n) is 2.50. The van der Waals surface area contributed by atoms with Gasteiger partial charge >= 0.3 is 11.9 Å². The molecule has 0 radical (unpaired) electrons. The molecule has 0 bridgehead atoms. The Hall–Kier alpha value is -3.67. The minimum Gasteiger partial charge on any atom is -0.300 e. The zero-order valence-electron chi connectivity index (χ0n) is 14.0. The number of carbonyl (C=O) groups is 1. The van der Waals surface area contributed by atoms with Gasteiger partial charge in [-0.05, 0) is 43.3 Å². The first-order chi connectivity index (χ1) is 12.8. The van der Waals surface area contributed by atoms with Gasteiger partial charge in [0, 0.05) is 5.56 Å². The van der Waals surface area contributed by atoms with Crippen molar-refractivity contribution < 1.29 is 18.0 Å². The number of anilines is 1. The van der Waals surface area contributed by atoms with Crippen molar-refractivity contribution in [1.82, 2.24) is 9.78 Å². The van der Waals surface area contributed by atoms with E-state index < -0.39 is 17.6 Å². The summed E-state index contributed by atoms with van der Waals surface area (Å²) < 4.78 is 39.4. The highest BCUT2D eigenvalue weighted by atomic mass is 19.4. The number of aryl methyl sites for hydroxylation is 1. The van der Waals surface area contributed by atoms with Crippen LogP contribution in [0.15, 0.2) is 54.6 Å². The van der Waals surface area contributed by atoms with E-state index in [2.05, 4.69) is 15.4 Å². The van der Waals surface area contributed by atoms with Crippen LogP contribution in [0.5, 0.6) is 0 Å². The van der Waals surface area contributed by atoms with Crippen molar-refractivity contribution in [3.05, 3.63) is 76.4 Å². The molecule has 3 aromatic rings. The van der Waals surface area contributed by atoms with Crippen molar-refractivity contribution in [3.8, 4) is 5.69 Å². The summed E-state index contributed by atoms with van der Waals surface area (Å²) in [5.74, 6) is -0.559. The zero-order valence-corrected chi connectivity index (χ0v) is 14.0. The van der Waals surface area contributed by atoms with Crippen molar-refractivity contribution >= 4 is 17.4 Å². The van der Waals surface area contributed by atoms with E-state index >= 15 is 0 Å². The van der Waals surface area contributed by atoms with Gasteiger partial charge in [-0.15, -0.1) is 0 Å². The first-order valence-corrected chi connectivity index (χ1v) is 7.80. The van der Waals surface area contributed by atoms with E-state index in [0.717, 1.165) is 24.3 Å². The molecular weight excluding hydrogens is 359 g/mol. The molecule has 1 amide bonds.